The molecular weight excluding hydrogens is 304 g/mol. The van der Waals surface area contributed by atoms with E-state index in [0.717, 1.165) is 11.4 Å². The van der Waals surface area contributed by atoms with Gasteiger partial charge < -0.3 is 15.4 Å². The molecule has 0 saturated heterocycles. The first kappa shape index (κ1) is 17.9. The van der Waals surface area contributed by atoms with Gasteiger partial charge in [0.05, 0.1) is 6.61 Å². The van der Waals surface area contributed by atoms with E-state index in [1.165, 1.54) is 5.56 Å². The minimum absolute atomic E-state index is 0.240. The number of nitrogens with one attached hydrogen (secondary N) is 2. The van der Waals surface area contributed by atoms with Crippen molar-refractivity contribution in [2.75, 3.05) is 25.6 Å². The van der Waals surface area contributed by atoms with Crippen LogP contribution in [0.15, 0.2) is 30.3 Å². The minimum atomic E-state index is -0.240. The van der Waals surface area contributed by atoms with Crippen LogP contribution in [0.2, 0.25) is 0 Å². The van der Waals surface area contributed by atoms with Crippen molar-refractivity contribution >= 4 is 17.5 Å². The lowest BCUT2D eigenvalue weighted by atomic mass is 10.0. The third-order valence-electron chi connectivity index (χ3n) is 3.51. The molecule has 1 amide bonds. The van der Waals surface area contributed by atoms with Crippen LogP contribution in [0.1, 0.15) is 41.5 Å². The van der Waals surface area contributed by atoms with Crippen LogP contribution in [0, 0.1) is 6.92 Å². The lowest BCUT2D eigenvalue weighted by Gasteiger charge is -2.10. The molecule has 0 aliphatic carbocycles. The monoisotopic (exact) mass is 328 g/mol. The zero-order valence-electron chi connectivity index (χ0n) is 14.6. The average molecular weight is 328 g/mol. The predicted octanol–water partition coefficient (Wildman–Crippen LogP) is 3.03. The highest BCUT2D eigenvalue weighted by Gasteiger charge is 2.10. The molecule has 6 nitrogen and oxygen atoms in total. The number of rotatable bonds is 7. The summed E-state index contributed by atoms with van der Waals surface area (Å²) in [5, 5.41) is 5.90. The van der Waals surface area contributed by atoms with Gasteiger partial charge in [0.15, 0.2) is 0 Å². The number of aryl methyl sites for hydroxylation is 1. The van der Waals surface area contributed by atoms with Gasteiger partial charge in [-0.3, -0.25) is 4.79 Å². The van der Waals surface area contributed by atoms with Crippen LogP contribution >= 0.6 is 0 Å². The SMILES string of the molecule is COCCNC(=O)c1cc(C)nc(Nc2ccc(C(C)C)cc2)n1. The molecule has 2 N–H and O–H groups in total. The van der Waals surface area contributed by atoms with Gasteiger partial charge in [-0.05, 0) is 36.6 Å². The molecule has 0 saturated carbocycles. The second-order valence-electron chi connectivity index (χ2n) is 5.87. The standard InChI is InChI=1S/C18H24N4O2/c1-12(2)14-5-7-15(8-6-14)21-18-20-13(3)11-16(22-18)17(23)19-9-10-24-4/h5-8,11-12H,9-10H2,1-4H3,(H,19,23)(H,20,21,22). The van der Waals surface area contributed by atoms with Gasteiger partial charge in [0.1, 0.15) is 5.69 Å². The first-order valence-corrected chi connectivity index (χ1v) is 7.99. The van der Waals surface area contributed by atoms with Gasteiger partial charge in [0.2, 0.25) is 5.95 Å². The van der Waals surface area contributed by atoms with E-state index >= 15 is 0 Å². The van der Waals surface area contributed by atoms with E-state index in [4.69, 9.17) is 4.74 Å². The van der Waals surface area contributed by atoms with E-state index in [-0.39, 0.29) is 5.91 Å². The summed E-state index contributed by atoms with van der Waals surface area (Å²) >= 11 is 0. The van der Waals surface area contributed by atoms with Crippen LogP contribution in [-0.2, 0) is 4.74 Å². The Morgan fingerprint density at radius 1 is 1.21 bits per heavy atom. The number of carbonyl (C=O) groups excluding carboxylic acids is 1. The largest absolute Gasteiger partial charge is 0.383 e. The van der Waals surface area contributed by atoms with Crippen LogP contribution in [0.4, 0.5) is 11.6 Å². The van der Waals surface area contributed by atoms with Crippen LogP contribution in [-0.4, -0.2) is 36.1 Å². The average Bonchev–Trinajstić information content (AvgIpc) is 2.55. The highest BCUT2D eigenvalue weighted by atomic mass is 16.5. The Kier molecular flexibility index (Phi) is 6.26. The Morgan fingerprint density at radius 3 is 2.54 bits per heavy atom. The van der Waals surface area contributed by atoms with Crippen molar-refractivity contribution in [2.24, 2.45) is 0 Å². The first-order valence-electron chi connectivity index (χ1n) is 7.99. The fourth-order valence-electron chi connectivity index (χ4n) is 2.18. The molecule has 0 bridgehead atoms. The lowest BCUT2D eigenvalue weighted by molar-refractivity contribution is 0.0932. The maximum Gasteiger partial charge on any atom is 0.270 e. The third-order valence-corrected chi connectivity index (χ3v) is 3.51. The quantitative estimate of drug-likeness (QED) is 0.764. The molecule has 0 spiro atoms. The second-order valence-corrected chi connectivity index (χ2v) is 5.87. The molecule has 6 heteroatoms. The van der Waals surface area contributed by atoms with Crippen molar-refractivity contribution in [1.82, 2.24) is 15.3 Å². The number of ether oxygens (including phenoxy) is 1. The summed E-state index contributed by atoms with van der Waals surface area (Å²) in [5.41, 5.74) is 3.21. The van der Waals surface area contributed by atoms with Gasteiger partial charge in [0, 0.05) is 25.0 Å². The van der Waals surface area contributed by atoms with Crippen molar-refractivity contribution in [3.8, 4) is 0 Å². The van der Waals surface area contributed by atoms with Gasteiger partial charge in [0.25, 0.3) is 5.91 Å². The highest BCUT2D eigenvalue weighted by molar-refractivity contribution is 5.92. The van der Waals surface area contributed by atoms with Crippen LogP contribution in [0.5, 0.6) is 0 Å². The summed E-state index contributed by atoms with van der Waals surface area (Å²) < 4.78 is 4.92. The number of hydrogen-bond donors (Lipinski definition) is 2. The fourth-order valence-corrected chi connectivity index (χ4v) is 2.18. The molecule has 1 aromatic heterocycles. The number of benzene rings is 1. The van der Waals surface area contributed by atoms with E-state index in [0.29, 0.717) is 30.7 Å². The van der Waals surface area contributed by atoms with Gasteiger partial charge in [-0.15, -0.1) is 0 Å². The zero-order valence-corrected chi connectivity index (χ0v) is 14.6. The van der Waals surface area contributed by atoms with Crippen molar-refractivity contribution in [2.45, 2.75) is 26.7 Å². The van der Waals surface area contributed by atoms with E-state index in [2.05, 4.69) is 46.6 Å². The summed E-state index contributed by atoms with van der Waals surface area (Å²) in [4.78, 5) is 20.7. The van der Waals surface area contributed by atoms with Crippen LogP contribution in [0.25, 0.3) is 0 Å². The maximum absolute atomic E-state index is 12.1. The third kappa shape index (κ3) is 5.03. The molecule has 1 aromatic carbocycles. The molecule has 2 aromatic rings. The summed E-state index contributed by atoms with van der Waals surface area (Å²) in [5.74, 6) is 0.650. The van der Waals surface area contributed by atoms with E-state index in [1.807, 2.05) is 19.1 Å². The van der Waals surface area contributed by atoms with Crippen molar-refractivity contribution < 1.29 is 9.53 Å². The van der Waals surface area contributed by atoms with E-state index < -0.39 is 0 Å². The second kappa shape index (κ2) is 8.40. The summed E-state index contributed by atoms with van der Waals surface area (Å²) in [6.45, 7) is 7.04. The lowest BCUT2D eigenvalue weighted by Crippen LogP contribution is -2.28. The summed E-state index contributed by atoms with van der Waals surface area (Å²) in [7, 11) is 1.59. The topological polar surface area (TPSA) is 76.1 Å². The number of anilines is 2. The molecular formula is C18H24N4O2. The normalized spacial score (nSPS) is 10.7. The number of carbonyl (C=O) groups is 1. The Hall–Kier alpha value is -2.47. The van der Waals surface area contributed by atoms with Gasteiger partial charge in [-0.1, -0.05) is 26.0 Å². The Balaban J connectivity index is 2.11. The number of nitrogens with zero attached hydrogens (tertiary/aromatic N) is 2. The molecule has 1 heterocycles. The van der Waals surface area contributed by atoms with Gasteiger partial charge in [-0.2, -0.15) is 0 Å². The summed E-state index contributed by atoms with van der Waals surface area (Å²) in [6.07, 6.45) is 0. The number of amides is 1. The highest BCUT2D eigenvalue weighted by Crippen LogP contribution is 2.19. The minimum Gasteiger partial charge on any atom is -0.383 e. The Labute approximate surface area is 142 Å². The Morgan fingerprint density at radius 2 is 1.92 bits per heavy atom. The van der Waals surface area contributed by atoms with Crippen LogP contribution in [0.3, 0.4) is 0 Å². The van der Waals surface area contributed by atoms with Gasteiger partial charge in [-0.25, -0.2) is 9.97 Å². The summed E-state index contributed by atoms with van der Waals surface area (Å²) in [6, 6.07) is 9.77. The van der Waals surface area contributed by atoms with Crippen molar-refractivity contribution in [3.63, 3.8) is 0 Å². The molecule has 128 valence electrons. The predicted molar refractivity (Wildman–Crippen MR) is 94.8 cm³/mol. The molecule has 2 rings (SSSR count). The van der Waals surface area contributed by atoms with Crippen LogP contribution < -0.4 is 10.6 Å². The molecule has 0 aliphatic heterocycles. The maximum atomic E-state index is 12.1. The molecule has 24 heavy (non-hydrogen) atoms. The molecule has 0 radical (unpaired) electrons. The zero-order chi connectivity index (χ0) is 17.5. The van der Waals surface area contributed by atoms with Crippen molar-refractivity contribution in [1.29, 1.82) is 0 Å². The number of hydrogen-bond acceptors (Lipinski definition) is 5. The van der Waals surface area contributed by atoms with Crippen molar-refractivity contribution in [3.05, 3.63) is 47.3 Å². The fraction of sp³-hybridized carbons (Fsp3) is 0.389. The smallest absolute Gasteiger partial charge is 0.270 e. The Bertz CT molecular complexity index is 684. The van der Waals surface area contributed by atoms with E-state index in [9.17, 15) is 4.79 Å². The number of aromatic nitrogens is 2. The molecule has 0 atom stereocenters. The molecule has 0 aliphatic rings. The van der Waals surface area contributed by atoms with Gasteiger partial charge >= 0.3 is 0 Å². The number of methoxy groups -OCH3 is 1. The van der Waals surface area contributed by atoms with E-state index in [1.54, 1.807) is 13.2 Å². The first-order chi connectivity index (χ1) is 11.5. The molecule has 0 fully saturated rings. The molecule has 0 unspecified atom stereocenters.